The summed E-state index contributed by atoms with van der Waals surface area (Å²) in [6.07, 6.45) is 0.180. The van der Waals surface area contributed by atoms with Gasteiger partial charge in [0.05, 0.1) is 30.0 Å². The van der Waals surface area contributed by atoms with Crippen molar-refractivity contribution in [2.45, 2.75) is 42.7 Å². The van der Waals surface area contributed by atoms with Gasteiger partial charge in [-0.3, -0.25) is 9.59 Å². The average molecular weight is 610 g/mol. The Balaban J connectivity index is 1.63. The summed E-state index contributed by atoms with van der Waals surface area (Å²) < 4.78 is 48.0. The summed E-state index contributed by atoms with van der Waals surface area (Å²) in [6.45, 7) is 1.59. The first-order chi connectivity index (χ1) is 18.9. The second-order valence-electron chi connectivity index (χ2n) is 9.62. The van der Waals surface area contributed by atoms with Gasteiger partial charge in [0.2, 0.25) is 15.9 Å². The molecule has 2 N–H and O–H groups in total. The molecule has 1 saturated heterocycles. The van der Waals surface area contributed by atoms with Crippen LogP contribution in [-0.2, 0) is 19.6 Å². The zero-order valence-electron chi connectivity index (χ0n) is 21.7. The third-order valence-electron chi connectivity index (χ3n) is 6.97. The number of nitrogens with zero attached hydrogens (tertiary/aromatic N) is 1. The molecule has 8 nitrogen and oxygen atoms in total. The molecule has 0 bridgehead atoms. The molecule has 1 heterocycles. The minimum Gasteiger partial charge on any atom is -0.496 e. The van der Waals surface area contributed by atoms with Crippen molar-refractivity contribution in [2.24, 2.45) is 0 Å². The Labute approximate surface area is 241 Å². The number of ether oxygens (including phenoxy) is 1. The molecule has 1 fully saturated rings. The molecule has 1 amide bonds. The smallest absolute Gasteiger partial charge is 0.305 e. The fourth-order valence-electron chi connectivity index (χ4n) is 4.93. The molecular formula is C28H27Cl2FN2O6S. The number of carboxylic acids is 1. The second-order valence-corrected chi connectivity index (χ2v) is 12.4. The summed E-state index contributed by atoms with van der Waals surface area (Å²) in [5.74, 6) is -1.97. The van der Waals surface area contributed by atoms with Gasteiger partial charge in [-0.2, -0.15) is 4.31 Å². The fourth-order valence-corrected chi connectivity index (χ4v) is 7.47. The van der Waals surface area contributed by atoms with Gasteiger partial charge in [-0.1, -0.05) is 53.5 Å². The molecule has 12 heteroatoms. The van der Waals surface area contributed by atoms with E-state index in [1.165, 1.54) is 44.4 Å². The highest BCUT2D eigenvalue weighted by atomic mass is 35.5. The van der Waals surface area contributed by atoms with Gasteiger partial charge in [-0.15, -0.1) is 0 Å². The topological polar surface area (TPSA) is 113 Å². The number of carboxylic acid groups (broad SMARTS) is 1. The van der Waals surface area contributed by atoms with Gasteiger partial charge < -0.3 is 15.2 Å². The van der Waals surface area contributed by atoms with Crippen LogP contribution in [-0.4, -0.2) is 48.9 Å². The zero-order valence-corrected chi connectivity index (χ0v) is 24.0. The van der Waals surface area contributed by atoms with E-state index in [2.05, 4.69) is 5.32 Å². The van der Waals surface area contributed by atoms with Crippen molar-refractivity contribution in [1.29, 1.82) is 0 Å². The predicted molar refractivity (Wildman–Crippen MR) is 150 cm³/mol. The molecule has 0 spiro atoms. The quantitative estimate of drug-likeness (QED) is 0.323. The third-order valence-corrected chi connectivity index (χ3v) is 9.40. The number of hydrogen-bond donors (Lipinski definition) is 2. The molecule has 0 saturated carbocycles. The molecule has 1 aliphatic rings. The van der Waals surface area contributed by atoms with Gasteiger partial charge in [0.15, 0.2) is 0 Å². The minimum atomic E-state index is -4.17. The van der Waals surface area contributed by atoms with Crippen molar-refractivity contribution in [3.8, 4) is 16.9 Å². The molecule has 0 unspecified atom stereocenters. The first-order valence-electron chi connectivity index (χ1n) is 12.3. The molecule has 2 atom stereocenters. The normalized spacial score (nSPS) is 18.3. The minimum absolute atomic E-state index is 0.0825. The van der Waals surface area contributed by atoms with Crippen LogP contribution in [0.25, 0.3) is 11.1 Å². The lowest BCUT2D eigenvalue weighted by Gasteiger charge is -2.34. The Bertz CT molecular complexity index is 1530. The highest BCUT2D eigenvalue weighted by Gasteiger charge is 2.50. The SMILES string of the molecule is COc1cccc(F)c1-c1ccc([C@@H](CC(=O)O)NC(=O)[C@]2(C)CCCN2S(=O)(=O)c2cc(Cl)cc(Cl)c2)cc1. The van der Waals surface area contributed by atoms with Crippen LogP contribution in [0.4, 0.5) is 4.39 Å². The number of rotatable bonds is 9. The van der Waals surface area contributed by atoms with Crippen LogP contribution in [0.5, 0.6) is 5.75 Å². The molecule has 0 radical (unpaired) electrons. The molecule has 3 aromatic rings. The maximum atomic E-state index is 14.6. The van der Waals surface area contributed by atoms with Crippen molar-refractivity contribution >= 4 is 45.1 Å². The Morgan fingerprint density at radius 3 is 2.38 bits per heavy atom. The Morgan fingerprint density at radius 1 is 1.12 bits per heavy atom. The van der Waals surface area contributed by atoms with Crippen LogP contribution in [0.1, 0.15) is 37.8 Å². The monoisotopic (exact) mass is 608 g/mol. The van der Waals surface area contributed by atoms with Crippen molar-refractivity contribution in [3.63, 3.8) is 0 Å². The third kappa shape index (κ3) is 5.95. The van der Waals surface area contributed by atoms with E-state index in [0.29, 0.717) is 23.3 Å². The number of hydrogen-bond acceptors (Lipinski definition) is 5. The number of nitrogens with one attached hydrogen (secondary N) is 1. The van der Waals surface area contributed by atoms with E-state index in [1.54, 1.807) is 30.3 Å². The zero-order chi connectivity index (χ0) is 29.2. The number of benzene rings is 3. The first kappa shape index (κ1) is 29.8. The standard InChI is InChI=1S/C28H27Cl2FN2O6S/c1-28(11-4-12-33(28)40(37,38)21-14-19(29)13-20(30)15-21)27(36)32-23(16-25(34)35)17-7-9-18(10-8-17)26-22(31)5-3-6-24(26)39-2/h3,5-10,13-15,23H,4,11-12,16H2,1-2H3,(H,32,36)(H,34,35)/t23-,28+/m1/s1. The van der Waals surface area contributed by atoms with E-state index in [1.807, 2.05) is 0 Å². The van der Waals surface area contributed by atoms with E-state index in [9.17, 15) is 27.5 Å². The summed E-state index contributed by atoms with van der Waals surface area (Å²) >= 11 is 12.1. The number of halogens is 3. The number of sulfonamides is 1. The van der Waals surface area contributed by atoms with E-state index < -0.39 is 45.7 Å². The average Bonchev–Trinajstić information content (AvgIpc) is 3.31. The van der Waals surface area contributed by atoms with Gasteiger partial charge in [0.1, 0.15) is 17.1 Å². The van der Waals surface area contributed by atoms with E-state index in [-0.39, 0.29) is 33.5 Å². The molecule has 3 aromatic carbocycles. The van der Waals surface area contributed by atoms with Crippen LogP contribution in [0.3, 0.4) is 0 Å². The molecular weight excluding hydrogens is 582 g/mol. The molecule has 0 aromatic heterocycles. The van der Waals surface area contributed by atoms with E-state index in [0.717, 1.165) is 4.31 Å². The van der Waals surface area contributed by atoms with Crippen LogP contribution in [0, 0.1) is 5.82 Å². The van der Waals surface area contributed by atoms with Crippen molar-refractivity contribution in [2.75, 3.05) is 13.7 Å². The van der Waals surface area contributed by atoms with E-state index >= 15 is 0 Å². The van der Waals surface area contributed by atoms with Crippen LogP contribution in [0.15, 0.2) is 65.6 Å². The van der Waals surface area contributed by atoms with Crippen LogP contribution >= 0.6 is 23.2 Å². The van der Waals surface area contributed by atoms with Gasteiger partial charge >= 0.3 is 5.97 Å². The molecule has 4 rings (SSSR count). The lowest BCUT2D eigenvalue weighted by molar-refractivity contribution is -0.138. The number of carbonyl (C=O) groups is 2. The highest BCUT2D eigenvalue weighted by Crippen LogP contribution is 2.37. The summed E-state index contributed by atoms with van der Waals surface area (Å²) in [6, 6.07) is 13.8. The van der Waals surface area contributed by atoms with Gasteiger partial charge in [0.25, 0.3) is 0 Å². The number of aliphatic carboxylic acids is 1. The highest BCUT2D eigenvalue weighted by molar-refractivity contribution is 7.89. The van der Waals surface area contributed by atoms with E-state index in [4.69, 9.17) is 27.9 Å². The van der Waals surface area contributed by atoms with Gasteiger partial charge in [-0.05, 0) is 61.2 Å². The van der Waals surface area contributed by atoms with Gasteiger partial charge in [0, 0.05) is 16.6 Å². The molecule has 1 aliphatic heterocycles. The van der Waals surface area contributed by atoms with Gasteiger partial charge in [-0.25, -0.2) is 12.8 Å². The summed E-state index contributed by atoms with van der Waals surface area (Å²) in [7, 11) is -2.74. The maximum Gasteiger partial charge on any atom is 0.305 e. The van der Waals surface area contributed by atoms with Crippen molar-refractivity contribution < 1.29 is 32.2 Å². The Kier molecular flexibility index (Phi) is 8.75. The van der Waals surface area contributed by atoms with Crippen LogP contribution in [0.2, 0.25) is 10.0 Å². The lowest BCUT2D eigenvalue weighted by atomic mass is 9.95. The van der Waals surface area contributed by atoms with Crippen molar-refractivity contribution in [3.05, 3.63) is 82.1 Å². The second kappa shape index (κ2) is 11.7. The first-order valence-corrected chi connectivity index (χ1v) is 14.5. The molecule has 40 heavy (non-hydrogen) atoms. The fraction of sp³-hybridized carbons (Fsp3) is 0.286. The molecule has 0 aliphatic carbocycles. The summed E-state index contributed by atoms with van der Waals surface area (Å²) in [4.78, 5) is 25.2. The number of carbonyl (C=O) groups excluding carboxylic acids is 1. The number of methoxy groups -OCH3 is 1. The predicted octanol–water partition coefficient (Wildman–Crippen LogP) is 5.68. The summed E-state index contributed by atoms with van der Waals surface area (Å²) in [5.41, 5.74) is -0.298. The summed E-state index contributed by atoms with van der Waals surface area (Å²) in [5, 5.41) is 12.6. The van der Waals surface area contributed by atoms with Crippen LogP contribution < -0.4 is 10.1 Å². The lowest BCUT2D eigenvalue weighted by Crippen LogP contribution is -2.55. The van der Waals surface area contributed by atoms with Crippen molar-refractivity contribution in [1.82, 2.24) is 9.62 Å². The number of amides is 1. The Morgan fingerprint density at radius 2 is 1.77 bits per heavy atom. The molecule has 212 valence electrons. The maximum absolute atomic E-state index is 14.6. The Hall–Kier alpha value is -3.18. The largest absolute Gasteiger partial charge is 0.496 e.